The Morgan fingerprint density at radius 3 is 2.69 bits per heavy atom. The molecule has 0 saturated carbocycles. The number of hydrogen-bond donors (Lipinski definition) is 3. The topological polar surface area (TPSA) is 77.9 Å². The number of aromatic amines is 2. The molecule has 3 heterocycles. The summed E-state index contributed by atoms with van der Waals surface area (Å²) in [5, 5.41) is 1.12. The Hall–Kier alpha value is -2.53. The zero-order valence-corrected chi connectivity index (χ0v) is 15.4. The number of piperidine rings is 1. The van der Waals surface area contributed by atoms with Crippen LogP contribution in [0.4, 0.5) is 5.69 Å². The number of nitrogens with two attached hydrogens (primary N) is 1. The number of nitrogens with zero attached hydrogens (tertiary/aromatic N) is 1. The molecule has 4 rings (SSSR count). The molecule has 136 valence electrons. The van der Waals surface area contributed by atoms with E-state index in [4.69, 9.17) is 5.73 Å². The van der Waals surface area contributed by atoms with E-state index in [1.807, 2.05) is 6.07 Å². The van der Waals surface area contributed by atoms with Crippen molar-refractivity contribution in [2.24, 2.45) is 0 Å². The second-order valence-electron chi connectivity index (χ2n) is 7.58. The third-order valence-corrected chi connectivity index (χ3v) is 5.64. The summed E-state index contributed by atoms with van der Waals surface area (Å²) in [6, 6.07) is 11.5. The molecule has 4 N–H and O–H groups in total. The fraction of sp³-hybridized carbons (Fsp3) is 0.381. The zero-order valence-electron chi connectivity index (χ0n) is 15.4. The Balaban J connectivity index is 1.66. The predicted octanol–water partition coefficient (Wildman–Crippen LogP) is 3.87. The zero-order chi connectivity index (χ0) is 18.3. The molecule has 0 aliphatic carbocycles. The lowest BCUT2D eigenvalue weighted by Gasteiger charge is -2.39. The minimum Gasteiger partial charge on any atom is -0.398 e. The maximum atomic E-state index is 12.1. The van der Waals surface area contributed by atoms with Crippen LogP contribution in [-0.4, -0.2) is 27.0 Å². The van der Waals surface area contributed by atoms with Gasteiger partial charge >= 0.3 is 0 Å². The van der Waals surface area contributed by atoms with Gasteiger partial charge in [0.25, 0.3) is 5.56 Å². The molecular weight excluding hydrogens is 324 g/mol. The highest BCUT2D eigenvalue weighted by atomic mass is 16.1. The summed E-state index contributed by atoms with van der Waals surface area (Å²) < 4.78 is 0. The van der Waals surface area contributed by atoms with Gasteiger partial charge in [0, 0.05) is 41.4 Å². The maximum absolute atomic E-state index is 12.1. The summed E-state index contributed by atoms with van der Waals surface area (Å²) in [7, 11) is 0. The third-order valence-electron chi connectivity index (χ3n) is 5.64. The van der Waals surface area contributed by atoms with Crippen LogP contribution in [0.3, 0.4) is 0 Å². The lowest BCUT2D eigenvalue weighted by Crippen LogP contribution is -2.42. The number of benzene rings is 1. The van der Waals surface area contributed by atoms with E-state index < -0.39 is 0 Å². The van der Waals surface area contributed by atoms with E-state index in [0.29, 0.717) is 23.3 Å². The molecule has 1 fully saturated rings. The molecule has 0 bridgehead atoms. The standard InChI is InChI=1S/C21H26N4O/c1-13-4-3-5-14(2)25(13)12-15-6-7-19-16(8-15)9-20(24-19)18-10-17(22)11-23-21(18)26/h6-11,13-14,24H,3-5,12,22H2,1-2H3,(H,23,26)/t13-,14+. The molecule has 0 unspecified atom stereocenters. The van der Waals surface area contributed by atoms with E-state index in [1.54, 1.807) is 6.07 Å². The van der Waals surface area contributed by atoms with Crippen LogP contribution in [-0.2, 0) is 6.54 Å². The van der Waals surface area contributed by atoms with Crippen LogP contribution in [0.1, 0.15) is 38.7 Å². The summed E-state index contributed by atoms with van der Waals surface area (Å²) in [5.74, 6) is 0. The van der Waals surface area contributed by atoms with E-state index in [-0.39, 0.29) is 5.56 Å². The highest BCUT2D eigenvalue weighted by molar-refractivity contribution is 5.86. The number of nitrogens with one attached hydrogen (secondary N) is 2. The van der Waals surface area contributed by atoms with Crippen molar-refractivity contribution in [1.82, 2.24) is 14.9 Å². The van der Waals surface area contributed by atoms with Gasteiger partial charge in [-0.15, -0.1) is 0 Å². The quantitative estimate of drug-likeness (QED) is 0.671. The van der Waals surface area contributed by atoms with Gasteiger partial charge in [-0.3, -0.25) is 9.69 Å². The molecule has 1 aliphatic rings. The minimum absolute atomic E-state index is 0.137. The molecule has 1 aliphatic heterocycles. The highest BCUT2D eigenvalue weighted by Gasteiger charge is 2.24. The summed E-state index contributed by atoms with van der Waals surface area (Å²) in [4.78, 5) is 20.7. The van der Waals surface area contributed by atoms with Crippen molar-refractivity contribution in [3.8, 4) is 11.3 Å². The molecule has 0 amide bonds. The van der Waals surface area contributed by atoms with E-state index in [2.05, 4.69) is 46.9 Å². The van der Waals surface area contributed by atoms with Gasteiger partial charge in [0.15, 0.2) is 0 Å². The predicted molar refractivity (Wildman–Crippen MR) is 107 cm³/mol. The van der Waals surface area contributed by atoms with Crippen LogP contribution in [0.15, 0.2) is 41.3 Å². The van der Waals surface area contributed by atoms with Crippen molar-refractivity contribution in [3.05, 3.63) is 52.4 Å². The van der Waals surface area contributed by atoms with Crippen LogP contribution in [0.25, 0.3) is 22.2 Å². The smallest absolute Gasteiger partial charge is 0.257 e. The van der Waals surface area contributed by atoms with Gasteiger partial charge in [-0.1, -0.05) is 12.5 Å². The molecule has 5 heteroatoms. The van der Waals surface area contributed by atoms with Gasteiger partial charge in [-0.2, -0.15) is 0 Å². The maximum Gasteiger partial charge on any atom is 0.257 e. The van der Waals surface area contributed by atoms with Crippen molar-refractivity contribution < 1.29 is 0 Å². The second kappa shape index (κ2) is 6.65. The Morgan fingerprint density at radius 1 is 1.15 bits per heavy atom. The van der Waals surface area contributed by atoms with Gasteiger partial charge in [0.05, 0.1) is 11.3 Å². The summed E-state index contributed by atoms with van der Waals surface area (Å²) >= 11 is 0. The fourth-order valence-electron chi connectivity index (χ4n) is 4.12. The first-order valence-electron chi connectivity index (χ1n) is 9.37. The molecule has 1 saturated heterocycles. The summed E-state index contributed by atoms with van der Waals surface area (Å²) in [5.41, 5.74) is 9.94. The van der Waals surface area contributed by atoms with Crippen molar-refractivity contribution in [2.45, 2.75) is 51.7 Å². The van der Waals surface area contributed by atoms with Crippen LogP contribution in [0.5, 0.6) is 0 Å². The van der Waals surface area contributed by atoms with Crippen LogP contribution >= 0.6 is 0 Å². The Morgan fingerprint density at radius 2 is 1.92 bits per heavy atom. The number of pyridine rings is 1. The second-order valence-corrected chi connectivity index (χ2v) is 7.58. The first-order valence-corrected chi connectivity index (χ1v) is 9.37. The SMILES string of the molecule is C[C@@H]1CCC[C@H](C)N1Cc1ccc2[nH]c(-c3cc(N)c[nH]c3=O)cc2c1. The Labute approximate surface area is 153 Å². The summed E-state index contributed by atoms with van der Waals surface area (Å²) in [6.07, 6.45) is 5.40. The van der Waals surface area contributed by atoms with Crippen LogP contribution < -0.4 is 11.3 Å². The van der Waals surface area contributed by atoms with Gasteiger partial charge in [-0.05, 0) is 56.5 Å². The van der Waals surface area contributed by atoms with E-state index >= 15 is 0 Å². The van der Waals surface area contributed by atoms with Crippen molar-refractivity contribution in [3.63, 3.8) is 0 Å². The number of rotatable bonds is 3. The molecular formula is C21H26N4O. The van der Waals surface area contributed by atoms with Crippen molar-refractivity contribution >= 4 is 16.6 Å². The minimum atomic E-state index is -0.137. The Kier molecular flexibility index (Phi) is 4.32. The number of likely N-dealkylation sites (tertiary alicyclic amines) is 1. The molecule has 2 aromatic heterocycles. The van der Waals surface area contributed by atoms with E-state index in [0.717, 1.165) is 23.1 Å². The number of hydrogen-bond acceptors (Lipinski definition) is 3. The van der Waals surface area contributed by atoms with E-state index in [9.17, 15) is 4.79 Å². The number of anilines is 1. The normalized spacial score (nSPS) is 21.3. The van der Waals surface area contributed by atoms with Crippen LogP contribution in [0.2, 0.25) is 0 Å². The van der Waals surface area contributed by atoms with Crippen LogP contribution in [0, 0.1) is 0 Å². The largest absolute Gasteiger partial charge is 0.398 e. The van der Waals surface area contributed by atoms with Gasteiger partial charge < -0.3 is 15.7 Å². The molecule has 1 aromatic carbocycles. The first-order chi connectivity index (χ1) is 12.5. The Bertz CT molecular complexity index is 977. The molecule has 0 radical (unpaired) electrons. The molecule has 3 aromatic rings. The lowest BCUT2D eigenvalue weighted by atomic mass is 9.96. The number of aromatic nitrogens is 2. The monoisotopic (exact) mass is 350 g/mol. The number of H-pyrrole nitrogens is 2. The van der Waals surface area contributed by atoms with Gasteiger partial charge in [0.2, 0.25) is 0 Å². The third kappa shape index (κ3) is 3.15. The van der Waals surface area contributed by atoms with E-state index in [1.165, 1.54) is 31.0 Å². The average molecular weight is 350 g/mol. The van der Waals surface area contributed by atoms with Gasteiger partial charge in [-0.25, -0.2) is 0 Å². The highest BCUT2D eigenvalue weighted by Crippen LogP contribution is 2.27. The average Bonchev–Trinajstić information content (AvgIpc) is 3.03. The number of nitrogen functional groups attached to an aromatic ring is 1. The molecule has 5 nitrogen and oxygen atoms in total. The van der Waals surface area contributed by atoms with Gasteiger partial charge in [0.1, 0.15) is 0 Å². The van der Waals surface area contributed by atoms with Crippen molar-refractivity contribution in [1.29, 1.82) is 0 Å². The lowest BCUT2D eigenvalue weighted by molar-refractivity contribution is 0.0953. The molecule has 0 spiro atoms. The van der Waals surface area contributed by atoms with Crippen molar-refractivity contribution in [2.75, 3.05) is 5.73 Å². The number of fused-ring (bicyclic) bond motifs is 1. The summed E-state index contributed by atoms with van der Waals surface area (Å²) in [6.45, 7) is 5.63. The first kappa shape index (κ1) is 16.9. The molecule has 26 heavy (non-hydrogen) atoms. The fourth-order valence-corrected chi connectivity index (χ4v) is 4.12. The molecule has 2 atom stereocenters.